The second-order valence-electron chi connectivity index (χ2n) is 5.62. The van der Waals surface area contributed by atoms with Crippen LogP contribution in [0.3, 0.4) is 0 Å². The molecule has 2 aromatic rings. The van der Waals surface area contributed by atoms with Crippen molar-refractivity contribution in [1.29, 1.82) is 0 Å². The summed E-state index contributed by atoms with van der Waals surface area (Å²) in [5.74, 6) is -1.35. The van der Waals surface area contributed by atoms with E-state index in [2.05, 4.69) is 15.0 Å². The van der Waals surface area contributed by atoms with Crippen LogP contribution in [0.2, 0.25) is 0 Å². The summed E-state index contributed by atoms with van der Waals surface area (Å²) in [6.07, 6.45) is 2.30. The summed E-state index contributed by atoms with van der Waals surface area (Å²) in [7, 11) is -4.11. The van der Waals surface area contributed by atoms with Crippen molar-refractivity contribution in [2.24, 2.45) is 0 Å². The third-order valence-electron chi connectivity index (χ3n) is 3.54. The van der Waals surface area contributed by atoms with Crippen LogP contribution >= 0.6 is 0 Å². The maximum Gasteiger partial charge on any atom is 0.244 e. The minimum absolute atomic E-state index is 0.343. The Bertz CT molecular complexity index is 838. The van der Waals surface area contributed by atoms with Crippen LogP contribution < -0.4 is 10.0 Å². The van der Waals surface area contributed by atoms with Gasteiger partial charge in [-0.15, -0.1) is 0 Å². The number of hydrogen-bond donors (Lipinski definition) is 2. The predicted molar refractivity (Wildman–Crippen MR) is 91.9 cm³/mol. The molecule has 0 saturated carbocycles. The maximum absolute atomic E-state index is 13.6. The van der Waals surface area contributed by atoms with E-state index in [9.17, 15) is 17.6 Å². The molecule has 1 atom stereocenters. The number of pyridine rings is 1. The van der Waals surface area contributed by atoms with Crippen LogP contribution in [0.15, 0.2) is 47.5 Å². The lowest BCUT2D eigenvalue weighted by Gasteiger charge is -2.14. The van der Waals surface area contributed by atoms with E-state index in [-0.39, 0.29) is 0 Å². The van der Waals surface area contributed by atoms with E-state index in [1.54, 1.807) is 6.20 Å². The zero-order chi connectivity index (χ0) is 18.4. The van der Waals surface area contributed by atoms with Gasteiger partial charge in [0.1, 0.15) is 10.7 Å². The molecular weight excluding hydrogens is 345 g/mol. The second-order valence-corrected chi connectivity index (χ2v) is 7.30. The number of halogens is 1. The van der Waals surface area contributed by atoms with Crippen LogP contribution in [0, 0.1) is 12.7 Å². The highest BCUT2D eigenvalue weighted by atomic mass is 32.2. The monoisotopic (exact) mass is 365 g/mol. The number of rotatable bonds is 7. The van der Waals surface area contributed by atoms with Crippen LogP contribution in [0.5, 0.6) is 0 Å². The number of nitrogens with one attached hydrogen (secondary N) is 2. The first-order valence-electron chi connectivity index (χ1n) is 7.76. The highest BCUT2D eigenvalue weighted by Gasteiger charge is 2.24. The van der Waals surface area contributed by atoms with Gasteiger partial charge in [-0.05, 0) is 44.0 Å². The van der Waals surface area contributed by atoms with Crippen molar-refractivity contribution in [3.05, 3.63) is 59.7 Å². The van der Waals surface area contributed by atoms with E-state index in [0.29, 0.717) is 13.0 Å². The number of nitrogens with zero attached hydrogens (tertiary/aromatic N) is 1. The topological polar surface area (TPSA) is 88.2 Å². The fourth-order valence-corrected chi connectivity index (χ4v) is 3.42. The van der Waals surface area contributed by atoms with Crippen molar-refractivity contribution in [3.8, 4) is 0 Å². The number of hydrogen-bond acceptors (Lipinski definition) is 4. The molecule has 8 heteroatoms. The van der Waals surface area contributed by atoms with Gasteiger partial charge in [0.25, 0.3) is 0 Å². The van der Waals surface area contributed by atoms with E-state index in [0.717, 1.165) is 23.4 Å². The summed E-state index contributed by atoms with van der Waals surface area (Å²) >= 11 is 0. The van der Waals surface area contributed by atoms with Gasteiger partial charge in [-0.3, -0.25) is 9.78 Å². The van der Waals surface area contributed by atoms with E-state index >= 15 is 0 Å². The Labute approximate surface area is 146 Å². The summed E-state index contributed by atoms with van der Waals surface area (Å²) in [6.45, 7) is 3.63. The van der Waals surface area contributed by atoms with Crippen molar-refractivity contribution in [1.82, 2.24) is 15.0 Å². The average molecular weight is 365 g/mol. The third kappa shape index (κ3) is 5.33. The van der Waals surface area contributed by atoms with Gasteiger partial charge in [0.2, 0.25) is 15.9 Å². The third-order valence-corrected chi connectivity index (χ3v) is 5.11. The highest BCUT2D eigenvalue weighted by Crippen LogP contribution is 2.13. The molecule has 0 aliphatic carbocycles. The summed E-state index contributed by atoms with van der Waals surface area (Å²) < 4.78 is 40.1. The SMILES string of the molecule is Cc1ccc(CCNC(=O)[C@H](C)NS(=O)(=O)c2ccccc2F)cn1. The van der Waals surface area contributed by atoms with Gasteiger partial charge < -0.3 is 5.32 Å². The van der Waals surface area contributed by atoms with Crippen LogP contribution in [-0.2, 0) is 21.2 Å². The molecule has 0 spiro atoms. The summed E-state index contributed by atoms with van der Waals surface area (Å²) in [5, 5.41) is 2.65. The Morgan fingerprint density at radius 2 is 1.96 bits per heavy atom. The van der Waals surface area contributed by atoms with Gasteiger partial charge in [0.15, 0.2) is 0 Å². The van der Waals surface area contributed by atoms with E-state index in [1.165, 1.54) is 19.1 Å². The van der Waals surface area contributed by atoms with Gasteiger partial charge in [-0.25, -0.2) is 12.8 Å². The molecule has 1 heterocycles. The van der Waals surface area contributed by atoms with Gasteiger partial charge in [0, 0.05) is 18.4 Å². The molecule has 1 amide bonds. The number of amides is 1. The molecule has 2 rings (SSSR count). The fourth-order valence-electron chi connectivity index (χ4n) is 2.14. The molecule has 0 radical (unpaired) electrons. The van der Waals surface area contributed by atoms with Crippen molar-refractivity contribution in [2.45, 2.75) is 31.2 Å². The molecule has 6 nitrogen and oxygen atoms in total. The van der Waals surface area contributed by atoms with E-state index in [4.69, 9.17) is 0 Å². The molecule has 2 N–H and O–H groups in total. The van der Waals surface area contributed by atoms with Crippen LogP contribution in [0.1, 0.15) is 18.2 Å². The second kappa shape index (κ2) is 8.17. The van der Waals surface area contributed by atoms with Crippen molar-refractivity contribution >= 4 is 15.9 Å². The van der Waals surface area contributed by atoms with E-state index in [1.807, 2.05) is 19.1 Å². The van der Waals surface area contributed by atoms with E-state index < -0.39 is 32.7 Å². The Kier molecular flexibility index (Phi) is 6.22. The molecular formula is C17H20FN3O3S. The number of benzene rings is 1. The summed E-state index contributed by atoms with van der Waals surface area (Å²) in [5.41, 5.74) is 1.87. The lowest BCUT2D eigenvalue weighted by molar-refractivity contribution is -0.122. The number of aromatic nitrogens is 1. The molecule has 0 aliphatic heterocycles. The number of carbonyl (C=O) groups excluding carboxylic acids is 1. The normalized spacial score (nSPS) is 12.6. The van der Waals surface area contributed by atoms with Crippen LogP contribution in [0.25, 0.3) is 0 Å². The fraction of sp³-hybridized carbons (Fsp3) is 0.294. The number of carbonyl (C=O) groups is 1. The van der Waals surface area contributed by atoms with Crippen molar-refractivity contribution in [3.63, 3.8) is 0 Å². The molecule has 134 valence electrons. The minimum atomic E-state index is -4.11. The smallest absolute Gasteiger partial charge is 0.244 e. The standard InChI is InChI=1S/C17H20FN3O3S/c1-12-7-8-14(11-20-12)9-10-19-17(22)13(2)21-25(23,24)16-6-4-3-5-15(16)18/h3-8,11,13,21H,9-10H2,1-2H3,(H,19,22)/t13-/m0/s1. The van der Waals surface area contributed by atoms with Crippen molar-refractivity contribution < 1.29 is 17.6 Å². The van der Waals surface area contributed by atoms with Crippen LogP contribution in [-0.4, -0.2) is 31.9 Å². The van der Waals surface area contributed by atoms with Crippen LogP contribution in [0.4, 0.5) is 4.39 Å². The quantitative estimate of drug-likeness (QED) is 0.779. The summed E-state index contributed by atoms with van der Waals surface area (Å²) in [4.78, 5) is 15.7. The molecule has 0 fully saturated rings. The minimum Gasteiger partial charge on any atom is -0.354 e. The Balaban J connectivity index is 1.89. The first-order valence-corrected chi connectivity index (χ1v) is 9.24. The zero-order valence-corrected chi connectivity index (χ0v) is 14.8. The number of sulfonamides is 1. The van der Waals surface area contributed by atoms with Gasteiger partial charge in [-0.1, -0.05) is 18.2 Å². The average Bonchev–Trinajstić information content (AvgIpc) is 2.56. The van der Waals surface area contributed by atoms with Gasteiger partial charge in [-0.2, -0.15) is 4.72 Å². The molecule has 1 aromatic heterocycles. The van der Waals surface area contributed by atoms with Gasteiger partial charge in [0.05, 0.1) is 6.04 Å². The molecule has 0 unspecified atom stereocenters. The zero-order valence-electron chi connectivity index (χ0n) is 14.0. The largest absolute Gasteiger partial charge is 0.354 e. The van der Waals surface area contributed by atoms with Gasteiger partial charge >= 0.3 is 0 Å². The Morgan fingerprint density at radius 3 is 2.60 bits per heavy atom. The van der Waals surface area contributed by atoms with Crippen molar-refractivity contribution in [2.75, 3.05) is 6.54 Å². The molecule has 1 aromatic carbocycles. The molecule has 25 heavy (non-hydrogen) atoms. The summed E-state index contributed by atoms with van der Waals surface area (Å²) in [6, 6.07) is 7.77. The molecule has 0 aliphatic rings. The molecule has 0 saturated heterocycles. The Morgan fingerprint density at radius 1 is 1.24 bits per heavy atom. The predicted octanol–water partition coefficient (Wildman–Crippen LogP) is 1.55. The Hall–Kier alpha value is -2.32. The lowest BCUT2D eigenvalue weighted by Crippen LogP contribution is -2.45. The maximum atomic E-state index is 13.6. The lowest BCUT2D eigenvalue weighted by atomic mass is 10.2. The number of aryl methyl sites for hydroxylation is 1. The molecule has 0 bridgehead atoms. The first-order chi connectivity index (χ1) is 11.8. The highest BCUT2D eigenvalue weighted by molar-refractivity contribution is 7.89. The first kappa shape index (κ1) is 19.0.